The number of ether oxygens (including phenoxy) is 1. The topological polar surface area (TPSA) is 168 Å². The zero-order valence-electron chi connectivity index (χ0n) is 15.7. The van der Waals surface area contributed by atoms with Gasteiger partial charge in [0, 0.05) is 0 Å². The van der Waals surface area contributed by atoms with Gasteiger partial charge in [0.25, 0.3) is 0 Å². The summed E-state index contributed by atoms with van der Waals surface area (Å²) in [5, 5.41) is 69.6. The number of phenolic OH excluding ortho intramolecular Hbond substituents is 3. The number of aliphatic hydroxyl groups excluding tert-OH is 4. The summed E-state index contributed by atoms with van der Waals surface area (Å²) in [6.07, 6.45) is -5.18. The molecule has 1 saturated heterocycles. The van der Waals surface area contributed by atoms with Gasteiger partial charge < -0.3 is 40.5 Å². The minimum atomic E-state index is -1.74. The Kier molecular flexibility index (Phi) is 6.40. The number of aliphatic hydroxyl groups is 4. The van der Waals surface area contributed by atoms with Gasteiger partial charge in [-0.15, -0.1) is 0 Å². The van der Waals surface area contributed by atoms with Gasteiger partial charge in [0.2, 0.25) is 0 Å². The van der Waals surface area contributed by atoms with E-state index in [9.17, 15) is 40.5 Å². The van der Waals surface area contributed by atoms with Crippen LogP contribution in [0.3, 0.4) is 0 Å². The van der Waals surface area contributed by atoms with Crippen molar-refractivity contribution in [2.75, 3.05) is 6.61 Å². The number of hydrogen-bond donors (Lipinski definition) is 7. The first-order valence-electron chi connectivity index (χ1n) is 9.11. The molecule has 0 aliphatic carbocycles. The summed E-state index contributed by atoms with van der Waals surface area (Å²) >= 11 is 0. The zero-order valence-corrected chi connectivity index (χ0v) is 15.7. The highest BCUT2D eigenvalue weighted by atomic mass is 16.5. The van der Waals surface area contributed by atoms with Crippen LogP contribution in [0.1, 0.15) is 27.6 Å². The monoisotopic (exact) mass is 418 g/mol. The lowest BCUT2D eigenvalue weighted by atomic mass is 9.89. The van der Waals surface area contributed by atoms with Gasteiger partial charge in [0.05, 0.1) is 17.7 Å². The molecule has 30 heavy (non-hydrogen) atoms. The van der Waals surface area contributed by atoms with E-state index < -0.39 is 54.4 Å². The maximum atomic E-state index is 12.6. The molecule has 1 aliphatic rings. The van der Waals surface area contributed by atoms with Crippen LogP contribution in [0, 0.1) is 0 Å². The summed E-state index contributed by atoms with van der Waals surface area (Å²) < 4.78 is 5.37. The summed E-state index contributed by atoms with van der Waals surface area (Å²) in [5.41, 5.74) is 0.0687. The molecule has 7 N–H and O–H groups in total. The number of carbonyl (C=O) groups is 1. The molecule has 2 aromatic rings. The van der Waals surface area contributed by atoms with Crippen molar-refractivity contribution < 1.29 is 45.3 Å². The second kappa shape index (κ2) is 8.82. The molecule has 1 fully saturated rings. The lowest BCUT2D eigenvalue weighted by molar-refractivity contribution is -0.232. The van der Waals surface area contributed by atoms with Crippen LogP contribution in [0.5, 0.6) is 17.2 Å². The third kappa shape index (κ3) is 4.16. The van der Waals surface area contributed by atoms with Gasteiger partial charge in [-0.2, -0.15) is 0 Å². The Morgan fingerprint density at radius 2 is 1.60 bits per heavy atom. The number of aromatic hydroxyl groups is 3. The van der Waals surface area contributed by atoms with Crippen LogP contribution in [-0.4, -0.2) is 72.6 Å². The lowest BCUT2D eigenvalue weighted by Gasteiger charge is -2.40. The molecule has 1 heterocycles. The number of rotatable bonds is 5. The predicted molar refractivity (Wildman–Crippen MR) is 104 cm³/mol. The SMILES string of the molecule is O=C(/C=C/c1ccc(O)cc1)c1ccc(O)c([C@@H]2O[C@H](CO)[C@H](O)[C@H](O)[C@H]2O)c1O. The van der Waals surface area contributed by atoms with E-state index in [1.807, 2.05) is 0 Å². The van der Waals surface area contributed by atoms with E-state index in [1.165, 1.54) is 30.4 Å². The number of phenols is 3. The van der Waals surface area contributed by atoms with Crippen molar-refractivity contribution in [1.82, 2.24) is 0 Å². The van der Waals surface area contributed by atoms with E-state index >= 15 is 0 Å². The molecule has 0 bridgehead atoms. The Hall–Kier alpha value is -2.95. The Morgan fingerprint density at radius 3 is 2.23 bits per heavy atom. The van der Waals surface area contributed by atoms with Crippen molar-refractivity contribution in [3.8, 4) is 17.2 Å². The van der Waals surface area contributed by atoms with Crippen LogP contribution in [0.25, 0.3) is 6.08 Å². The first kappa shape index (κ1) is 21.8. The lowest BCUT2D eigenvalue weighted by Crippen LogP contribution is -2.55. The molecule has 9 heteroatoms. The molecular formula is C21H22O9. The van der Waals surface area contributed by atoms with Crippen LogP contribution in [0.4, 0.5) is 0 Å². The molecule has 2 aromatic carbocycles. The second-order valence-electron chi connectivity index (χ2n) is 6.93. The first-order valence-corrected chi connectivity index (χ1v) is 9.11. The van der Waals surface area contributed by atoms with Crippen molar-refractivity contribution >= 4 is 11.9 Å². The van der Waals surface area contributed by atoms with E-state index in [2.05, 4.69) is 0 Å². The van der Waals surface area contributed by atoms with Crippen LogP contribution < -0.4 is 0 Å². The molecular weight excluding hydrogens is 396 g/mol. The van der Waals surface area contributed by atoms with Gasteiger partial charge in [-0.3, -0.25) is 4.79 Å². The molecule has 0 unspecified atom stereocenters. The quantitative estimate of drug-likeness (QED) is 0.265. The van der Waals surface area contributed by atoms with Gasteiger partial charge >= 0.3 is 0 Å². The normalized spacial score (nSPS) is 26.7. The molecule has 9 nitrogen and oxygen atoms in total. The highest BCUT2D eigenvalue weighted by Crippen LogP contribution is 2.42. The molecule has 0 saturated carbocycles. The average molecular weight is 418 g/mol. The van der Waals surface area contributed by atoms with E-state index in [1.54, 1.807) is 12.1 Å². The molecule has 0 spiro atoms. The Morgan fingerprint density at radius 1 is 0.933 bits per heavy atom. The van der Waals surface area contributed by atoms with E-state index in [0.29, 0.717) is 5.56 Å². The van der Waals surface area contributed by atoms with E-state index in [4.69, 9.17) is 4.74 Å². The summed E-state index contributed by atoms with van der Waals surface area (Å²) in [7, 11) is 0. The van der Waals surface area contributed by atoms with Gasteiger partial charge in [-0.05, 0) is 35.9 Å². The van der Waals surface area contributed by atoms with E-state index in [-0.39, 0.29) is 16.9 Å². The van der Waals surface area contributed by atoms with Crippen LogP contribution in [-0.2, 0) is 4.74 Å². The van der Waals surface area contributed by atoms with Crippen molar-refractivity contribution in [1.29, 1.82) is 0 Å². The maximum absolute atomic E-state index is 12.6. The van der Waals surface area contributed by atoms with Gasteiger partial charge in [-0.25, -0.2) is 0 Å². The molecule has 160 valence electrons. The van der Waals surface area contributed by atoms with Crippen LogP contribution in [0.15, 0.2) is 42.5 Å². The molecule has 3 rings (SSSR count). The number of carbonyl (C=O) groups excluding carboxylic acids is 1. The molecule has 1 aliphatic heterocycles. The number of allylic oxidation sites excluding steroid dienone is 1. The summed E-state index contributed by atoms with van der Waals surface area (Å²) in [5.74, 6) is -1.72. The fraction of sp³-hybridized carbons (Fsp3) is 0.286. The van der Waals surface area contributed by atoms with E-state index in [0.717, 1.165) is 6.07 Å². The average Bonchev–Trinajstić information content (AvgIpc) is 2.73. The Bertz CT molecular complexity index is 936. The predicted octanol–water partition coefficient (Wildman–Crippen LogP) is 0.214. The van der Waals surface area contributed by atoms with Gasteiger partial charge in [0.15, 0.2) is 5.78 Å². The molecule has 0 amide bonds. The Labute approximate surface area is 171 Å². The number of hydrogen-bond acceptors (Lipinski definition) is 9. The van der Waals surface area contributed by atoms with Gasteiger partial charge in [0.1, 0.15) is 47.8 Å². The summed E-state index contributed by atoms with van der Waals surface area (Å²) in [6.45, 7) is -0.684. The van der Waals surface area contributed by atoms with Crippen LogP contribution >= 0.6 is 0 Å². The molecule has 0 aromatic heterocycles. The maximum Gasteiger partial charge on any atom is 0.189 e. The molecule has 0 radical (unpaired) electrons. The van der Waals surface area contributed by atoms with Crippen molar-refractivity contribution in [3.05, 3.63) is 59.2 Å². The smallest absolute Gasteiger partial charge is 0.189 e. The van der Waals surface area contributed by atoms with Crippen molar-refractivity contribution in [2.24, 2.45) is 0 Å². The highest BCUT2D eigenvalue weighted by Gasteiger charge is 2.46. The highest BCUT2D eigenvalue weighted by molar-refractivity contribution is 6.09. The van der Waals surface area contributed by atoms with Crippen molar-refractivity contribution in [2.45, 2.75) is 30.5 Å². The standard InChI is InChI=1S/C21H22O9/c22-9-15-18(27)19(28)20(29)21(30-15)16-14(25)8-6-12(17(16)26)13(24)7-3-10-1-4-11(23)5-2-10/h1-8,15,18-23,25-29H,9H2/b7-3+/t15-,18+,19+,20-,21+/m1/s1. The summed E-state index contributed by atoms with van der Waals surface area (Å²) in [4.78, 5) is 12.6. The molecule has 5 atom stereocenters. The number of ketones is 1. The minimum absolute atomic E-state index is 0.0684. The number of benzene rings is 2. The first-order chi connectivity index (χ1) is 14.2. The Balaban J connectivity index is 1.93. The fourth-order valence-corrected chi connectivity index (χ4v) is 3.26. The largest absolute Gasteiger partial charge is 0.508 e. The third-order valence-corrected chi connectivity index (χ3v) is 4.96. The van der Waals surface area contributed by atoms with Gasteiger partial charge in [-0.1, -0.05) is 18.2 Å². The second-order valence-corrected chi connectivity index (χ2v) is 6.93. The zero-order chi connectivity index (χ0) is 22.0. The minimum Gasteiger partial charge on any atom is -0.508 e. The van der Waals surface area contributed by atoms with Crippen molar-refractivity contribution in [3.63, 3.8) is 0 Å². The fourth-order valence-electron chi connectivity index (χ4n) is 3.26. The van der Waals surface area contributed by atoms with Crippen LogP contribution in [0.2, 0.25) is 0 Å². The summed E-state index contributed by atoms with van der Waals surface area (Å²) in [6, 6.07) is 8.35. The third-order valence-electron chi connectivity index (χ3n) is 4.96.